The fraction of sp³-hybridized carbons (Fsp3) is 0.800. The van der Waals surface area contributed by atoms with Gasteiger partial charge >= 0.3 is 0 Å². The van der Waals surface area contributed by atoms with E-state index in [4.69, 9.17) is 0 Å². The summed E-state index contributed by atoms with van der Waals surface area (Å²) in [5.74, 6) is 0. The van der Waals surface area contributed by atoms with Crippen molar-refractivity contribution in [3.63, 3.8) is 0 Å². The fourth-order valence-electron chi connectivity index (χ4n) is 1.60. The van der Waals surface area contributed by atoms with Gasteiger partial charge in [0.1, 0.15) is 0 Å². The largest absolute Gasteiger partial charge is 0.389 e. The second kappa shape index (κ2) is 4.55. The molecule has 1 heteroatoms. The third-order valence-corrected chi connectivity index (χ3v) is 2.39. The molecule has 0 aromatic carbocycles. The van der Waals surface area contributed by atoms with Crippen LogP contribution < -0.4 is 0 Å². The zero-order valence-electron chi connectivity index (χ0n) is 7.34. The highest BCUT2D eigenvalue weighted by Gasteiger charge is 2.09. The first kappa shape index (κ1) is 8.79. The van der Waals surface area contributed by atoms with Crippen LogP contribution in [0.4, 0.5) is 0 Å². The summed E-state index contributed by atoms with van der Waals surface area (Å²) >= 11 is 0. The molecule has 0 aromatic heterocycles. The van der Waals surface area contributed by atoms with Gasteiger partial charge in [-0.15, -0.1) is 0 Å². The third kappa shape index (κ3) is 2.66. The van der Waals surface area contributed by atoms with E-state index in [1.165, 1.54) is 31.3 Å². The Morgan fingerprint density at radius 1 is 1.45 bits per heavy atom. The van der Waals surface area contributed by atoms with E-state index in [2.05, 4.69) is 6.08 Å². The predicted octanol–water partition coefficient (Wildman–Crippen LogP) is 2.65. The minimum atomic E-state index is -0.159. The molecule has 1 unspecified atom stereocenters. The maximum Gasteiger partial charge on any atom is 0.0747 e. The molecule has 64 valence electrons. The van der Waals surface area contributed by atoms with Crippen LogP contribution in [0, 0.1) is 0 Å². The highest BCUT2D eigenvalue weighted by Crippen LogP contribution is 2.20. The normalized spacial score (nSPS) is 22.2. The van der Waals surface area contributed by atoms with Crippen LogP contribution in [0.2, 0.25) is 0 Å². The fourth-order valence-corrected chi connectivity index (χ4v) is 1.60. The molecule has 0 heterocycles. The highest BCUT2D eigenvalue weighted by molar-refractivity contribution is 5.08. The molecular formula is C10H18O. The van der Waals surface area contributed by atoms with E-state index in [0.29, 0.717) is 0 Å². The van der Waals surface area contributed by atoms with Gasteiger partial charge in [-0.25, -0.2) is 0 Å². The second-order valence-corrected chi connectivity index (χ2v) is 3.30. The SMILES string of the molecule is CCC(O)C1=CCCCCC1. The topological polar surface area (TPSA) is 20.2 Å². The van der Waals surface area contributed by atoms with E-state index in [9.17, 15) is 5.11 Å². The van der Waals surface area contributed by atoms with Gasteiger partial charge in [-0.1, -0.05) is 19.4 Å². The standard InChI is InChI=1S/C10H18O/c1-2-10(11)9-7-5-3-4-6-8-9/h7,10-11H,2-6,8H2,1H3. The van der Waals surface area contributed by atoms with Crippen LogP contribution in [0.5, 0.6) is 0 Å². The van der Waals surface area contributed by atoms with Gasteiger partial charge in [0, 0.05) is 0 Å². The number of aliphatic hydroxyl groups is 1. The smallest absolute Gasteiger partial charge is 0.0747 e. The summed E-state index contributed by atoms with van der Waals surface area (Å²) in [6, 6.07) is 0. The molecule has 0 amide bonds. The third-order valence-electron chi connectivity index (χ3n) is 2.39. The van der Waals surface area contributed by atoms with E-state index in [-0.39, 0.29) is 6.10 Å². The molecule has 1 nitrogen and oxygen atoms in total. The average molecular weight is 154 g/mol. The minimum Gasteiger partial charge on any atom is -0.389 e. The monoisotopic (exact) mass is 154 g/mol. The van der Waals surface area contributed by atoms with Gasteiger partial charge in [-0.2, -0.15) is 0 Å². The molecule has 1 aliphatic rings. The van der Waals surface area contributed by atoms with Crippen LogP contribution in [0.15, 0.2) is 11.6 Å². The van der Waals surface area contributed by atoms with E-state index in [0.717, 1.165) is 12.8 Å². The molecule has 0 fully saturated rings. The number of aliphatic hydroxyl groups excluding tert-OH is 1. The van der Waals surface area contributed by atoms with Crippen LogP contribution in [0.1, 0.15) is 45.4 Å². The Balaban J connectivity index is 2.46. The van der Waals surface area contributed by atoms with Gasteiger partial charge in [0.15, 0.2) is 0 Å². The van der Waals surface area contributed by atoms with Crippen molar-refractivity contribution < 1.29 is 5.11 Å². The Morgan fingerprint density at radius 2 is 2.27 bits per heavy atom. The molecule has 0 aromatic rings. The molecule has 0 saturated carbocycles. The summed E-state index contributed by atoms with van der Waals surface area (Å²) in [5, 5.41) is 9.54. The molecule has 0 saturated heterocycles. The first-order chi connectivity index (χ1) is 5.34. The molecular weight excluding hydrogens is 136 g/mol. The lowest BCUT2D eigenvalue weighted by Gasteiger charge is -2.10. The maximum absolute atomic E-state index is 9.54. The van der Waals surface area contributed by atoms with Gasteiger partial charge < -0.3 is 5.11 Å². The van der Waals surface area contributed by atoms with Crippen LogP contribution >= 0.6 is 0 Å². The van der Waals surface area contributed by atoms with E-state index in [1.807, 2.05) is 6.92 Å². The van der Waals surface area contributed by atoms with Crippen LogP contribution in [-0.2, 0) is 0 Å². The van der Waals surface area contributed by atoms with E-state index in [1.54, 1.807) is 0 Å². The summed E-state index contributed by atoms with van der Waals surface area (Å²) in [7, 11) is 0. The molecule has 0 radical (unpaired) electrons. The number of hydrogen-bond donors (Lipinski definition) is 1. The quantitative estimate of drug-likeness (QED) is 0.606. The maximum atomic E-state index is 9.54. The first-order valence-corrected chi connectivity index (χ1v) is 4.71. The molecule has 1 atom stereocenters. The van der Waals surface area contributed by atoms with Crippen molar-refractivity contribution in [3.8, 4) is 0 Å². The van der Waals surface area contributed by atoms with Gasteiger partial charge in [0.05, 0.1) is 6.10 Å². The zero-order chi connectivity index (χ0) is 8.10. The lowest BCUT2D eigenvalue weighted by atomic mass is 10.0. The van der Waals surface area contributed by atoms with Gasteiger partial charge in [-0.3, -0.25) is 0 Å². The van der Waals surface area contributed by atoms with Gasteiger partial charge in [0.2, 0.25) is 0 Å². The number of allylic oxidation sites excluding steroid dienone is 1. The minimum absolute atomic E-state index is 0.159. The van der Waals surface area contributed by atoms with Crippen molar-refractivity contribution >= 4 is 0 Å². The van der Waals surface area contributed by atoms with Crippen molar-refractivity contribution in [1.29, 1.82) is 0 Å². The summed E-state index contributed by atoms with van der Waals surface area (Å²) in [5.41, 5.74) is 1.28. The Bertz CT molecular complexity index is 138. The van der Waals surface area contributed by atoms with Crippen molar-refractivity contribution in [2.75, 3.05) is 0 Å². The predicted molar refractivity (Wildman–Crippen MR) is 47.5 cm³/mol. The van der Waals surface area contributed by atoms with Gasteiger partial charge in [0.25, 0.3) is 0 Å². The van der Waals surface area contributed by atoms with Crippen molar-refractivity contribution in [3.05, 3.63) is 11.6 Å². The molecule has 0 aliphatic heterocycles. The molecule has 0 bridgehead atoms. The molecule has 11 heavy (non-hydrogen) atoms. The molecule has 1 rings (SSSR count). The highest BCUT2D eigenvalue weighted by atomic mass is 16.3. The summed E-state index contributed by atoms with van der Waals surface area (Å²) < 4.78 is 0. The van der Waals surface area contributed by atoms with Crippen molar-refractivity contribution in [2.24, 2.45) is 0 Å². The lowest BCUT2D eigenvalue weighted by Crippen LogP contribution is -2.07. The Labute approximate surface area is 69.1 Å². The lowest BCUT2D eigenvalue weighted by molar-refractivity contribution is 0.202. The van der Waals surface area contributed by atoms with Crippen LogP contribution in [0.25, 0.3) is 0 Å². The molecule has 1 aliphatic carbocycles. The Morgan fingerprint density at radius 3 is 3.00 bits per heavy atom. The Kier molecular flexibility index (Phi) is 3.64. The Hall–Kier alpha value is -0.300. The first-order valence-electron chi connectivity index (χ1n) is 4.71. The van der Waals surface area contributed by atoms with Crippen LogP contribution in [0.3, 0.4) is 0 Å². The molecule has 1 N–H and O–H groups in total. The summed E-state index contributed by atoms with van der Waals surface area (Å²) in [6.07, 6.45) is 9.14. The van der Waals surface area contributed by atoms with Crippen LogP contribution in [-0.4, -0.2) is 11.2 Å². The van der Waals surface area contributed by atoms with Crippen molar-refractivity contribution in [2.45, 2.75) is 51.6 Å². The molecule has 0 spiro atoms. The summed E-state index contributed by atoms with van der Waals surface area (Å²) in [4.78, 5) is 0. The zero-order valence-corrected chi connectivity index (χ0v) is 7.34. The number of hydrogen-bond acceptors (Lipinski definition) is 1. The summed E-state index contributed by atoms with van der Waals surface area (Å²) in [6.45, 7) is 2.04. The van der Waals surface area contributed by atoms with E-state index < -0.39 is 0 Å². The van der Waals surface area contributed by atoms with Crippen molar-refractivity contribution in [1.82, 2.24) is 0 Å². The number of rotatable bonds is 2. The van der Waals surface area contributed by atoms with Gasteiger partial charge in [-0.05, 0) is 37.7 Å². The van der Waals surface area contributed by atoms with E-state index >= 15 is 0 Å². The average Bonchev–Trinajstić information content (AvgIpc) is 2.30. The second-order valence-electron chi connectivity index (χ2n) is 3.30.